The quantitative estimate of drug-likeness (QED) is 0.825. The Bertz CT molecular complexity index is 611. The number of rotatable bonds is 3. The number of aryl methyl sites for hydroxylation is 1. The summed E-state index contributed by atoms with van der Waals surface area (Å²) in [5, 5.41) is 9.65. The van der Waals surface area contributed by atoms with Crippen molar-refractivity contribution in [2.24, 2.45) is 0 Å². The van der Waals surface area contributed by atoms with Crippen LogP contribution in [0.2, 0.25) is 0 Å². The number of aromatic carboxylic acids is 1. The highest BCUT2D eigenvalue weighted by Gasteiger charge is 2.14. The summed E-state index contributed by atoms with van der Waals surface area (Å²) in [6.07, 6.45) is 0.787. The maximum Gasteiger partial charge on any atom is 0.335 e. The molecule has 0 aliphatic heterocycles. The highest BCUT2D eigenvalue weighted by Crippen LogP contribution is 2.25. The van der Waals surface area contributed by atoms with Crippen LogP contribution in [0.4, 0.5) is 0 Å². The fraction of sp³-hybridized carbons (Fsp3) is 0.231. The summed E-state index contributed by atoms with van der Waals surface area (Å²) < 4.78 is 2.00. The summed E-state index contributed by atoms with van der Waals surface area (Å²) in [6.45, 7) is 4.61. The van der Waals surface area contributed by atoms with Gasteiger partial charge in [0.25, 0.3) is 0 Å². The van der Waals surface area contributed by atoms with Gasteiger partial charge in [0.15, 0.2) is 6.29 Å². The lowest BCUT2D eigenvalue weighted by molar-refractivity contribution is 0.0697. The SMILES string of the molecule is CCn1c(C)c(C=O)c2cc(C(=O)O)ccc21. The highest BCUT2D eigenvalue weighted by atomic mass is 16.4. The van der Waals surface area contributed by atoms with Crippen LogP contribution in [0.3, 0.4) is 0 Å². The van der Waals surface area contributed by atoms with E-state index in [0.717, 1.165) is 24.0 Å². The van der Waals surface area contributed by atoms with Crippen molar-refractivity contribution in [3.63, 3.8) is 0 Å². The Morgan fingerprint density at radius 3 is 2.71 bits per heavy atom. The molecule has 1 N–H and O–H groups in total. The van der Waals surface area contributed by atoms with E-state index in [9.17, 15) is 9.59 Å². The molecule has 88 valence electrons. The molecule has 1 heterocycles. The molecule has 0 spiro atoms. The van der Waals surface area contributed by atoms with Crippen LogP contribution in [-0.2, 0) is 6.54 Å². The van der Waals surface area contributed by atoms with Gasteiger partial charge in [0.2, 0.25) is 0 Å². The van der Waals surface area contributed by atoms with Gasteiger partial charge >= 0.3 is 5.97 Å². The minimum absolute atomic E-state index is 0.203. The lowest BCUT2D eigenvalue weighted by atomic mass is 10.1. The van der Waals surface area contributed by atoms with Crippen molar-refractivity contribution in [3.8, 4) is 0 Å². The molecular formula is C13H13NO3. The summed E-state index contributed by atoms with van der Waals surface area (Å²) in [4.78, 5) is 22.0. The Morgan fingerprint density at radius 1 is 1.47 bits per heavy atom. The van der Waals surface area contributed by atoms with E-state index >= 15 is 0 Å². The highest BCUT2D eigenvalue weighted by molar-refractivity contribution is 6.02. The zero-order valence-corrected chi connectivity index (χ0v) is 9.73. The molecular weight excluding hydrogens is 218 g/mol. The van der Waals surface area contributed by atoms with Crippen molar-refractivity contribution < 1.29 is 14.7 Å². The Morgan fingerprint density at radius 2 is 2.18 bits per heavy atom. The van der Waals surface area contributed by atoms with Gasteiger partial charge < -0.3 is 9.67 Å². The van der Waals surface area contributed by atoms with E-state index in [1.807, 2.05) is 18.4 Å². The van der Waals surface area contributed by atoms with Gasteiger partial charge in [0.1, 0.15) is 0 Å². The van der Waals surface area contributed by atoms with Crippen molar-refractivity contribution in [2.45, 2.75) is 20.4 Å². The van der Waals surface area contributed by atoms with E-state index in [1.165, 1.54) is 0 Å². The van der Waals surface area contributed by atoms with Gasteiger partial charge in [-0.15, -0.1) is 0 Å². The predicted molar refractivity (Wildman–Crippen MR) is 64.7 cm³/mol. The maximum atomic E-state index is 11.1. The number of hydrogen-bond donors (Lipinski definition) is 1. The Balaban J connectivity index is 2.85. The fourth-order valence-corrected chi connectivity index (χ4v) is 2.20. The molecule has 0 atom stereocenters. The minimum atomic E-state index is -0.981. The first kappa shape index (κ1) is 11.4. The van der Waals surface area contributed by atoms with Crippen molar-refractivity contribution >= 4 is 23.2 Å². The first-order chi connectivity index (χ1) is 8.10. The first-order valence-corrected chi connectivity index (χ1v) is 5.41. The van der Waals surface area contributed by atoms with Crippen molar-refractivity contribution in [2.75, 3.05) is 0 Å². The number of aromatic nitrogens is 1. The predicted octanol–water partition coefficient (Wildman–Crippen LogP) is 2.48. The summed E-state index contributed by atoms with van der Waals surface area (Å²) in [6, 6.07) is 4.87. The second-order valence-electron chi connectivity index (χ2n) is 3.90. The van der Waals surface area contributed by atoms with Crippen molar-refractivity contribution in [1.82, 2.24) is 4.57 Å². The summed E-state index contributed by atoms with van der Waals surface area (Å²) in [5.41, 5.74) is 2.55. The number of carboxylic acid groups (broad SMARTS) is 1. The molecule has 0 radical (unpaired) electrons. The number of carboxylic acids is 1. The standard InChI is InChI=1S/C13H13NO3/c1-3-14-8(2)11(7-15)10-6-9(13(16)17)4-5-12(10)14/h4-7H,3H2,1-2H3,(H,16,17). The smallest absolute Gasteiger partial charge is 0.335 e. The van der Waals surface area contributed by atoms with Crippen LogP contribution in [0.25, 0.3) is 10.9 Å². The second kappa shape index (κ2) is 4.05. The van der Waals surface area contributed by atoms with E-state index in [4.69, 9.17) is 5.11 Å². The normalized spacial score (nSPS) is 10.7. The zero-order chi connectivity index (χ0) is 12.6. The van der Waals surface area contributed by atoms with E-state index in [1.54, 1.807) is 18.2 Å². The molecule has 0 bridgehead atoms. The number of benzene rings is 1. The zero-order valence-electron chi connectivity index (χ0n) is 9.73. The van der Waals surface area contributed by atoms with Crippen LogP contribution in [0.1, 0.15) is 33.3 Å². The second-order valence-corrected chi connectivity index (χ2v) is 3.90. The first-order valence-electron chi connectivity index (χ1n) is 5.41. The average Bonchev–Trinajstić information content (AvgIpc) is 2.58. The van der Waals surface area contributed by atoms with Crippen LogP contribution >= 0.6 is 0 Å². The molecule has 4 heteroatoms. The van der Waals surface area contributed by atoms with E-state index in [-0.39, 0.29) is 5.56 Å². The topological polar surface area (TPSA) is 59.3 Å². The molecule has 2 aromatic rings. The van der Waals surface area contributed by atoms with Gasteiger partial charge in [-0.05, 0) is 32.0 Å². The lowest BCUT2D eigenvalue weighted by Gasteiger charge is -2.03. The maximum absolute atomic E-state index is 11.1. The molecule has 0 saturated heterocycles. The van der Waals surface area contributed by atoms with Crippen LogP contribution in [-0.4, -0.2) is 21.9 Å². The number of fused-ring (bicyclic) bond motifs is 1. The summed E-state index contributed by atoms with van der Waals surface area (Å²) in [7, 11) is 0. The van der Waals surface area contributed by atoms with Crippen LogP contribution < -0.4 is 0 Å². The summed E-state index contributed by atoms with van der Waals surface area (Å²) >= 11 is 0. The molecule has 0 saturated carbocycles. The largest absolute Gasteiger partial charge is 0.478 e. The van der Waals surface area contributed by atoms with Crippen LogP contribution in [0, 0.1) is 6.92 Å². The van der Waals surface area contributed by atoms with Gasteiger partial charge in [-0.2, -0.15) is 0 Å². The number of hydrogen-bond acceptors (Lipinski definition) is 2. The van der Waals surface area contributed by atoms with E-state index in [0.29, 0.717) is 10.9 Å². The molecule has 0 aliphatic rings. The number of nitrogens with zero attached hydrogens (tertiary/aromatic N) is 1. The van der Waals surface area contributed by atoms with E-state index in [2.05, 4.69) is 0 Å². The average molecular weight is 231 g/mol. The van der Waals surface area contributed by atoms with Gasteiger partial charge in [-0.1, -0.05) is 0 Å². The third kappa shape index (κ3) is 1.62. The molecule has 0 unspecified atom stereocenters. The Hall–Kier alpha value is -2.10. The molecule has 0 aliphatic carbocycles. The molecule has 1 aromatic heterocycles. The van der Waals surface area contributed by atoms with Crippen LogP contribution in [0.5, 0.6) is 0 Å². The van der Waals surface area contributed by atoms with Gasteiger partial charge in [0.05, 0.1) is 5.56 Å². The molecule has 0 fully saturated rings. The van der Waals surface area contributed by atoms with Crippen molar-refractivity contribution in [1.29, 1.82) is 0 Å². The Kier molecular flexibility index (Phi) is 2.71. The Labute approximate surface area is 98.5 Å². The number of aldehydes is 1. The summed E-state index contributed by atoms with van der Waals surface area (Å²) in [5.74, 6) is -0.981. The van der Waals surface area contributed by atoms with Gasteiger partial charge in [-0.25, -0.2) is 4.79 Å². The molecule has 0 amide bonds. The molecule has 2 rings (SSSR count). The molecule has 17 heavy (non-hydrogen) atoms. The molecule has 1 aromatic carbocycles. The number of carbonyl (C=O) groups is 2. The van der Waals surface area contributed by atoms with Crippen LogP contribution in [0.15, 0.2) is 18.2 Å². The third-order valence-corrected chi connectivity index (χ3v) is 3.05. The number of carbonyl (C=O) groups excluding carboxylic acids is 1. The van der Waals surface area contributed by atoms with Gasteiger partial charge in [0, 0.05) is 28.7 Å². The molecule has 4 nitrogen and oxygen atoms in total. The van der Waals surface area contributed by atoms with Gasteiger partial charge in [-0.3, -0.25) is 4.79 Å². The lowest BCUT2D eigenvalue weighted by Crippen LogP contribution is -1.97. The fourth-order valence-electron chi connectivity index (χ4n) is 2.20. The van der Waals surface area contributed by atoms with E-state index < -0.39 is 5.97 Å². The van der Waals surface area contributed by atoms with Crippen molar-refractivity contribution in [3.05, 3.63) is 35.0 Å². The monoisotopic (exact) mass is 231 g/mol. The third-order valence-electron chi connectivity index (χ3n) is 3.05. The minimum Gasteiger partial charge on any atom is -0.478 e.